The number of benzene rings is 2. The van der Waals surface area contributed by atoms with E-state index >= 15 is 0 Å². The Morgan fingerprint density at radius 1 is 1.00 bits per heavy atom. The second-order valence-electron chi connectivity index (χ2n) is 9.64. The molecule has 0 saturated carbocycles. The average Bonchev–Trinajstić information content (AvgIpc) is 2.53. The molecule has 0 aromatic heterocycles. The quantitative estimate of drug-likeness (QED) is 0.787. The first-order valence-electron chi connectivity index (χ1n) is 9.59. The van der Waals surface area contributed by atoms with Crippen LogP contribution in [0.2, 0.25) is 0 Å². The van der Waals surface area contributed by atoms with Crippen molar-refractivity contribution in [2.75, 3.05) is 0 Å². The summed E-state index contributed by atoms with van der Waals surface area (Å²) < 4.78 is 0. The van der Waals surface area contributed by atoms with Crippen LogP contribution in [0.3, 0.4) is 0 Å². The molecule has 0 fully saturated rings. The Labute approximate surface area is 168 Å². The number of rotatable bonds is 4. The van der Waals surface area contributed by atoms with Gasteiger partial charge in [0.05, 0.1) is 5.97 Å². The predicted octanol–water partition coefficient (Wildman–Crippen LogP) is 4.65. The first kappa shape index (κ1) is 21.7. The van der Waals surface area contributed by atoms with Crippen molar-refractivity contribution in [2.45, 2.75) is 65.7 Å². The Bertz CT molecular complexity index is 887. The highest BCUT2D eigenvalue weighted by atomic mass is 16.4. The minimum Gasteiger partial charge on any atom is -0.545 e. The maximum atomic E-state index is 11.4. The Morgan fingerprint density at radius 3 is 1.93 bits per heavy atom. The molecule has 0 atom stereocenters. The summed E-state index contributed by atoms with van der Waals surface area (Å²) in [5.74, 6) is -0.922. The van der Waals surface area contributed by atoms with E-state index in [0.717, 1.165) is 27.8 Å². The van der Waals surface area contributed by atoms with Gasteiger partial charge in [0.2, 0.25) is 0 Å². The number of phenols is 1. The number of aromatic hydroxyl groups is 1. The summed E-state index contributed by atoms with van der Waals surface area (Å²) in [4.78, 5) is 11.4. The normalized spacial score (nSPS) is 12.1. The molecule has 0 unspecified atom stereocenters. The molecule has 150 valence electrons. The third kappa shape index (κ3) is 4.64. The van der Waals surface area contributed by atoms with Crippen LogP contribution >= 0.6 is 0 Å². The smallest absolute Gasteiger partial charge is 0.123 e. The monoisotopic (exact) mass is 379 g/mol. The highest BCUT2D eigenvalue weighted by molar-refractivity contribution is 6.13. The number of aliphatic carboxylic acids is 1. The minimum absolute atomic E-state index is 0.0131. The van der Waals surface area contributed by atoms with Gasteiger partial charge in [0.1, 0.15) is 5.75 Å². The molecule has 3 heteroatoms. The van der Waals surface area contributed by atoms with E-state index in [9.17, 15) is 15.0 Å². The molecular weight excluding hydrogens is 348 g/mol. The van der Waals surface area contributed by atoms with Crippen molar-refractivity contribution in [1.29, 1.82) is 0 Å². The van der Waals surface area contributed by atoms with Crippen LogP contribution in [0.5, 0.6) is 5.75 Å². The summed E-state index contributed by atoms with van der Waals surface area (Å²) in [6, 6.07) is 9.71. The van der Waals surface area contributed by atoms with Gasteiger partial charge < -0.3 is 15.0 Å². The summed E-state index contributed by atoms with van der Waals surface area (Å²) in [6.45, 7) is 18.1. The van der Waals surface area contributed by atoms with Crippen molar-refractivity contribution in [3.05, 3.63) is 70.3 Å². The number of carbonyl (C=O) groups excluding carboxylic acids is 1. The van der Waals surface area contributed by atoms with Crippen LogP contribution < -0.4 is 5.11 Å². The number of phenolic OH excluding ortho intramolecular Hbond substituents is 1. The minimum atomic E-state index is -1.26. The first-order valence-corrected chi connectivity index (χ1v) is 9.59. The van der Waals surface area contributed by atoms with Gasteiger partial charge in [-0.15, -0.1) is 0 Å². The summed E-state index contributed by atoms with van der Waals surface area (Å²) in [7, 11) is 0. The van der Waals surface area contributed by atoms with E-state index in [4.69, 9.17) is 0 Å². The van der Waals surface area contributed by atoms with Gasteiger partial charge in [-0.25, -0.2) is 0 Å². The SMILES string of the molecule is C=C(C(=O)[O-])c1ccc(C)cc1Cc1cc(C(C)(C)C)c(O)c(C(C)(C)C)c1. The second-order valence-corrected chi connectivity index (χ2v) is 9.64. The molecular formula is C25H31O3-. The molecule has 0 aliphatic rings. The zero-order chi connectivity index (χ0) is 21.4. The fourth-order valence-electron chi connectivity index (χ4n) is 3.43. The zero-order valence-corrected chi connectivity index (χ0v) is 18.1. The Hall–Kier alpha value is -2.55. The molecule has 2 aromatic carbocycles. The van der Waals surface area contributed by atoms with Crippen LogP contribution in [0.4, 0.5) is 0 Å². The van der Waals surface area contributed by atoms with Gasteiger partial charge in [-0.2, -0.15) is 0 Å². The van der Waals surface area contributed by atoms with Crippen LogP contribution in [0.15, 0.2) is 36.9 Å². The Kier molecular flexibility index (Phi) is 5.79. The number of hydrogen-bond donors (Lipinski definition) is 1. The average molecular weight is 380 g/mol. The molecule has 0 bridgehead atoms. The molecule has 0 amide bonds. The fraction of sp³-hybridized carbons (Fsp3) is 0.400. The molecule has 0 saturated heterocycles. The molecule has 0 aliphatic carbocycles. The van der Waals surface area contributed by atoms with E-state index in [1.54, 1.807) is 6.07 Å². The molecule has 28 heavy (non-hydrogen) atoms. The molecule has 0 spiro atoms. The summed E-state index contributed by atoms with van der Waals surface area (Å²) in [6.07, 6.45) is 0.551. The van der Waals surface area contributed by atoms with Crippen molar-refractivity contribution in [3.8, 4) is 5.75 Å². The van der Waals surface area contributed by atoms with Gasteiger partial charge in [0.25, 0.3) is 0 Å². The van der Waals surface area contributed by atoms with Gasteiger partial charge in [0.15, 0.2) is 0 Å². The number of carbonyl (C=O) groups is 1. The highest BCUT2D eigenvalue weighted by Gasteiger charge is 2.26. The largest absolute Gasteiger partial charge is 0.545 e. The van der Waals surface area contributed by atoms with Gasteiger partial charge in [-0.05, 0) is 57.6 Å². The number of hydrogen-bond acceptors (Lipinski definition) is 3. The predicted molar refractivity (Wildman–Crippen MR) is 114 cm³/mol. The Morgan fingerprint density at radius 2 is 1.50 bits per heavy atom. The van der Waals surface area contributed by atoms with Crippen molar-refractivity contribution >= 4 is 11.5 Å². The van der Waals surface area contributed by atoms with Crippen molar-refractivity contribution in [3.63, 3.8) is 0 Å². The molecule has 0 radical (unpaired) electrons. The molecule has 2 rings (SSSR count). The maximum absolute atomic E-state index is 11.4. The van der Waals surface area contributed by atoms with Crippen LogP contribution in [0.25, 0.3) is 5.57 Å². The van der Waals surface area contributed by atoms with Crippen molar-refractivity contribution in [2.24, 2.45) is 0 Å². The van der Waals surface area contributed by atoms with Crippen molar-refractivity contribution < 1.29 is 15.0 Å². The third-order valence-corrected chi connectivity index (χ3v) is 5.01. The lowest BCUT2D eigenvalue weighted by atomic mass is 9.77. The third-order valence-electron chi connectivity index (χ3n) is 5.01. The Balaban J connectivity index is 2.66. The van der Waals surface area contributed by atoms with E-state index < -0.39 is 5.97 Å². The first-order chi connectivity index (χ1) is 12.7. The fourth-order valence-corrected chi connectivity index (χ4v) is 3.43. The lowest BCUT2D eigenvalue weighted by Crippen LogP contribution is -2.23. The number of carboxylic acids is 1. The van der Waals surface area contributed by atoms with E-state index in [-0.39, 0.29) is 16.4 Å². The molecule has 1 N–H and O–H groups in total. The molecule has 3 nitrogen and oxygen atoms in total. The number of aryl methyl sites for hydroxylation is 1. The van der Waals surface area contributed by atoms with Gasteiger partial charge >= 0.3 is 0 Å². The lowest BCUT2D eigenvalue weighted by Gasteiger charge is -2.28. The molecule has 0 heterocycles. The summed E-state index contributed by atoms with van der Waals surface area (Å²) >= 11 is 0. The van der Waals surface area contributed by atoms with Crippen LogP contribution in [0.1, 0.15) is 74.9 Å². The zero-order valence-electron chi connectivity index (χ0n) is 18.1. The van der Waals surface area contributed by atoms with E-state index in [1.165, 1.54) is 0 Å². The molecule has 0 aliphatic heterocycles. The van der Waals surface area contributed by atoms with Crippen LogP contribution in [-0.4, -0.2) is 11.1 Å². The van der Waals surface area contributed by atoms with Crippen LogP contribution in [-0.2, 0) is 22.0 Å². The van der Waals surface area contributed by atoms with Crippen molar-refractivity contribution in [1.82, 2.24) is 0 Å². The topological polar surface area (TPSA) is 60.4 Å². The molecule has 2 aromatic rings. The summed E-state index contributed by atoms with van der Waals surface area (Å²) in [5.41, 5.74) is 4.90. The summed E-state index contributed by atoms with van der Waals surface area (Å²) in [5, 5.41) is 22.3. The number of carboxylic acid groups (broad SMARTS) is 1. The highest BCUT2D eigenvalue weighted by Crippen LogP contribution is 2.40. The van der Waals surface area contributed by atoms with E-state index in [0.29, 0.717) is 17.7 Å². The van der Waals surface area contributed by atoms with Gasteiger partial charge in [0, 0.05) is 0 Å². The van der Waals surface area contributed by atoms with E-state index in [2.05, 4.69) is 48.1 Å². The van der Waals surface area contributed by atoms with Gasteiger partial charge in [-0.1, -0.05) is 84.0 Å². The maximum Gasteiger partial charge on any atom is 0.123 e. The lowest BCUT2D eigenvalue weighted by molar-refractivity contribution is -0.295. The second kappa shape index (κ2) is 7.46. The van der Waals surface area contributed by atoms with Gasteiger partial charge in [-0.3, -0.25) is 0 Å². The van der Waals surface area contributed by atoms with Crippen LogP contribution in [0, 0.1) is 6.92 Å². The van der Waals surface area contributed by atoms with E-state index in [1.807, 2.05) is 31.2 Å². The standard InChI is InChI=1S/C25H32O3/c1-15-9-10-19(16(2)23(27)28)18(11-15)12-17-13-20(24(3,4)5)22(26)21(14-17)25(6,7)8/h9-11,13-14,26H,2,12H2,1,3-8H3,(H,27,28)/p-1.